The van der Waals surface area contributed by atoms with Gasteiger partial charge in [-0.25, -0.2) is 0 Å². The predicted octanol–water partition coefficient (Wildman–Crippen LogP) is 3.90. The number of hydrogen-bond acceptors (Lipinski definition) is 2. The number of hydrogen-bond donors (Lipinski definition) is 2. The van der Waals surface area contributed by atoms with Crippen molar-refractivity contribution in [3.8, 4) is 0 Å². The van der Waals surface area contributed by atoms with Crippen LogP contribution in [0.5, 0.6) is 0 Å². The normalized spacial score (nSPS) is 10.3. The Morgan fingerprint density at radius 3 is 2.63 bits per heavy atom. The van der Waals surface area contributed by atoms with Crippen molar-refractivity contribution in [3.05, 3.63) is 57.6 Å². The number of anilines is 2. The molecule has 0 bridgehead atoms. The van der Waals surface area contributed by atoms with E-state index in [1.165, 1.54) is 0 Å². The Labute approximate surface area is 121 Å². The first-order valence-corrected chi connectivity index (χ1v) is 6.70. The van der Waals surface area contributed by atoms with Crippen molar-refractivity contribution < 1.29 is 4.79 Å². The van der Waals surface area contributed by atoms with Gasteiger partial charge in [0.2, 0.25) is 0 Å². The Bertz CT molecular complexity index is 638. The second kappa shape index (κ2) is 5.45. The van der Waals surface area contributed by atoms with Crippen LogP contribution in [0.15, 0.2) is 40.9 Å². The first-order valence-electron chi connectivity index (χ1n) is 5.91. The molecule has 3 N–H and O–H groups in total. The van der Waals surface area contributed by atoms with Crippen LogP contribution in [0.4, 0.5) is 11.4 Å². The zero-order chi connectivity index (χ0) is 14.0. The highest BCUT2D eigenvalue weighted by atomic mass is 79.9. The number of amides is 1. The van der Waals surface area contributed by atoms with E-state index in [4.69, 9.17) is 5.73 Å². The molecule has 2 rings (SSSR count). The number of carbonyl (C=O) groups excluding carboxylic acids is 1. The molecule has 19 heavy (non-hydrogen) atoms. The minimum absolute atomic E-state index is 0.192. The Kier molecular flexibility index (Phi) is 3.90. The molecule has 0 saturated carbocycles. The Morgan fingerprint density at radius 1 is 1.16 bits per heavy atom. The number of halogens is 1. The summed E-state index contributed by atoms with van der Waals surface area (Å²) in [6, 6.07) is 11.2. The number of rotatable bonds is 2. The monoisotopic (exact) mass is 318 g/mol. The first kappa shape index (κ1) is 13.6. The molecular weight excluding hydrogens is 304 g/mol. The largest absolute Gasteiger partial charge is 0.398 e. The zero-order valence-corrected chi connectivity index (χ0v) is 12.4. The highest BCUT2D eigenvalue weighted by Gasteiger charge is 2.11. The SMILES string of the molecule is Cc1ccc(N)c(C(=O)Nc2cc(Br)ccc2C)c1. The van der Waals surface area contributed by atoms with E-state index in [0.29, 0.717) is 11.3 Å². The molecule has 98 valence electrons. The Hall–Kier alpha value is -1.81. The maximum absolute atomic E-state index is 12.2. The average molecular weight is 319 g/mol. The third-order valence-electron chi connectivity index (χ3n) is 2.90. The molecule has 1 amide bonds. The summed E-state index contributed by atoms with van der Waals surface area (Å²) in [6.45, 7) is 3.88. The highest BCUT2D eigenvalue weighted by molar-refractivity contribution is 9.10. The summed E-state index contributed by atoms with van der Waals surface area (Å²) < 4.78 is 0.922. The van der Waals surface area contributed by atoms with E-state index in [1.54, 1.807) is 12.1 Å². The average Bonchev–Trinajstić information content (AvgIpc) is 2.36. The molecule has 0 unspecified atom stereocenters. The molecule has 0 spiro atoms. The Morgan fingerprint density at radius 2 is 1.89 bits per heavy atom. The third-order valence-corrected chi connectivity index (χ3v) is 3.39. The van der Waals surface area contributed by atoms with Gasteiger partial charge in [0, 0.05) is 15.8 Å². The predicted molar refractivity (Wildman–Crippen MR) is 82.4 cm³/mol. The van der Waals surface area contributed by atoms with Gasteiger partial charge in [-0.1, -0.05) is 33.6 Å². The fourth-order valence-corrected chi connectivity index (χ4v) is 2.15. The minimum atomic E-state index is -0.192. The van der Waals surface area contributed by atoms with E-state index in [2.05, 4.69) is 21.2 Å². The van der Waals surface area contributed by atoms with Gasteiger partial charge < -0.3 is 11.1 Å². The number of nitrogens with one attached hydrogen (secondary N) is 1. The van der Waals surface area contributed by atoms with E-state index in [1.807, 2.05) is 38.1 Å². The van der Waals surface area contributed by atoms with Gasteiger partial charge >= 0.3 is 0 Å². The number of aryl methyl sites for hydroxylation is 2. The molecule has 2 aromatic carbocycles. The van der Waals surface area contributed by atoms with Crippen molar-refractivity contribution in [2.45, 2.75) is 13.8 Å². The summed E-state index contributed by atoms with van der Waals surface area (Å²) in [5, 5.41) is 2.89. The molecule has 0 aliphatic rings. The van der Waals surface area contributed by atoms with Crippen molar-refractivity contribution in [2.75, 3.05) is 11.1 Å². The van der Waals surface area contributed by atoms with Gasteiger partial charge in [0.1, 0.15) is 0 Å². The lowest BCUT2D eigenvalue weighted by Gasteiger charge is -2.11. The summed E-state index contributed by atoms with van der Waals surface area (Å²) in [7, 11) is 0. The Balaban J connectivity index is 2.30. The lowest BCUT2D eigenvalue weighted by atomic mass is 10.1. The minimum Gasteiger partial charge on any atom is -0.398 e. The van der Waals surface area contributed by atoms with Crippen LogP contribution in [0.3, 0.4) is 0 Å². The van der Waals surface area contributed by atoms with Gasteiger partial charge in [-0.2, -0.15) is 0 Å². The second-order valence-electron chi connectivity index (χ2n) is 4.50. The van der Waals surface area contributed by atoms with Crippen LogP contribution in [0, 0.1) is 13.8 Å². The van der Waals surface area contributed by atoms with Gasteiger partial charge in [-0.05, 0) is 43.7 Å². The van der Waals surface area contributed by atoms with E-state index in [0.717, 1.165) is 21.3 Å². The summed E-state index contributed by atoms with van der Waals surface area (Å²) in [4.78, 5) is 12.2. The van der Waals surface area contributed by atoms with Crippen molar-refractivity contribution in [1.29, 1.82) is 0 Å². The van der Waals surface area contributed by atoms with Crippen molar-refractivity contribution in [3.63, 3.8) is 0 Å². The summed E-state index contributed by atoms with van der Waals surface area (Å²) in [5.74, 6) is -0.192. The van der Waals surface area contributed by atoms with Crippen LogP contribution in [-0.2, 0) is 0 Å². The lowest BCUT2D eigenvalue weighted by Crippen LogP contribution is -2.15. The molecule has 0 aromatic heterocycles. The van der Waals surface area contributed by atoms with Crippen molar-refractivity contribution >= 4 is 33.2 Å². The van der Waals surface area contributed by atoms with E-state index >= 15 is 0 Å². The fourth-order valence-electron chi connectivity index (χ4n) is 1.79. The standard InChI is InChI=1S/C15H15BrN2O/c1-9-3-6-13(17)12(7-9)15(19)18-14-8-11(16)5-4-10(14)2/h3-8H,17H2,1-2H3,(H,18,19). The maximum Gasteiger partial charge on any atom is 0.257 e. The molecule has 0 fully saturated rings. The van der Waals surface area contributed by atoms with E-state index in [-0.39, 0.29) is 5.91 Å². The highest BCUT2D eigenvalue weighted by Crippen LogP contribution is 2.22. The number of carbonyl (C=O) groups is 1. The van der Waals surface area contributed by atoms with E-state index in [9.17, 15) is 4.79 Å². The summed E-state index contributed by atoms with van der Waals surface area (Å²) in [6.07, 6.45) is 0. The molecule has 3 nitrogen and oxygen atoms in total. The van der Waals surface area contributed by atoms with Crippen LogP contribution < -0.4 is 11.1 Å². The molecule has 0 heterocycles. The van der Waals surface area contributed by atoms with Gasteiger partial charge in [-0.15, -0.1) is 0 Å². The molecule has 0 saturated heterocycles. The molecule has 4 heteroatoms. The zero-order valence-electron chi connectivity index (χ0n) is 10.8. The van der Waals surface area contributed by atoms with Gasteiger partial charge in [0.15, 0.2) is 0 Å². The summed E-state index contributed by atoms with van der Waals surface area (Å²) >= 11 is 3.39. The van der Waals surface area contributed by atoms with E-state index < -0.39 is 0 Å². The van der Waals surface area contributed by atoms with Crippen molar-refractivity contribution in [1.82, 2.24) is 0 Å². The van der Waals surface area contributed by atoms with Gasteiger partial charge in [0.05, 0.1) is 5.56 Å². The van der Waals surface area contributed by atoms with Gasteiger partial charge in [0.25, 0.3) is 5.91 Å². The number of nitrogens with two attached hydrogens (primary N) is 1. The third kappa shape index (κ3) is 3.15. The smallest absolute Gasteiger partial charge is 0.257 e. The lowest BCUT2D eigenvalue weighted by molar-refractivity contribution is 0.102. The molecule has 0 aliphatic carbocycles. The molecule has 0 aliphatic heterocycles. The van der Waals surface area contributed by atoms with Crippen LogP contribution >= 0.6 is 15.9 Å². The topological polar surface area (TPSA) is 55.1 Å². The van der Waals surface area contributed by atoms with Crippen LogP contribution in [0.1, 0.15) is 21.5 Å². The molecule has 0 atom stereocenters. The fraction of sp³-hybridized carbons (Fsp3) is 0.133. The van der Waals surface area contributed by atoms with Crippen LogP contribution in [0.25, 0.3) is 0 Å². The molecule has 2 aromatic rings. The van der Waals surface area contributed by atoms with Crippen LogP contribution in [-0.4, -0.2) is 5.91 Å². The number of benzene rings is 2. The second-order valence-corrected chi connectivity index (χ2v) is 5.42. The molecular formula is C15H15BrN2O. The van der Waals surface area contributed by atoms with Gasteiger partial charge in [-0.3, -0.25) is 4.79 Å². The molecule has 0 radical (unpaired) electrons. The first-order chi connectivity index (χ1) is 8.97. The summed E-state index contributed by atoms with van der Waals surface area (Å²) in [5.41, 5.74) is 9.61. The quantitative estimate of drug-likeness (QED) is 0.825. The van der Waals surface area contributed by atoms with Crippen molar-refractivity contribution in [2.24, 2.45) is 0 Å². The van der Waals surface area contributed by atoms with Crippen LogP contribution in [0.2, 0.25) is 0 Å². The maximum atomic E-state index is 12.2. The number of nitrogen functional groups attached to an aromatic ring is 1.